The summed E-state index contributed by atoms with van der Waals surface area (Å²) in [6, 6.07) is 4.37. The topological polar surface area (TPSA) is 54.0 Å². The lowest BCUT2D eigenvalue weighted by atomic mass is 10.1. The Balaban J connectivity index is 0.00000147. The fourth-order valence-corrected chi connectivity index (χ4v) is 3.68. The molecule has 2 N–H and O–H groups in total. The molecule has 1 unspecified atom stereocenters. The molecule has 1 fully saturated rings. The predicted octanol–water partition coefficient (Wildman–Crippen LogP) is 3.37. The van der Waals surface area contributed by atoms with E-state index in [-0.39, 0.29) is 18.3 Å². The summed E-state index contributed by atoms with van der Waals surface area (Å²) in [5, 5.41) is 10.9. The molecule has 4 nitrogen and oxygen atoms in total. The van der Waals surface area contributed by atoms with E-state index in [0.29, 0.717) is 17.6 Å². The van der Waals surface area contributed by atoms with E-state index in [1.165, 1.54) is 11.3 Å². The third-order valence-corrected chi connectivity index (χ3v) is 4.77. The number of thiazole rings is 1. The van der Waals surface area contributed by atoms with Crippen molar-refractivity contribution >= 4 is 46.1 Å². The van der Waals surface area contributed by atoms with Gasteiger partial charge in [-0.2, -0.15) is 0 Å². The molecule has 0 radical (unpaired) electrons. The van der Waals surface area contributed by atoms with Crippen molar-refractivity contribution in [2.24, 2.45) is 0 Å². The van der Waals surface area contributed by atoms with Crippen LogP contribution in [0, 0.1) is 0 Å². The Labute approximate surface area is 132 Å². The van der Waals surface area contributed by atoms with E-state index in [0.717, 1.165) is 30.0 Å². The zero-order chi connectivity index (χ0) is 13.1. The van der Waals surface area contributed by atoms with Crippen molar-refractivity contribution in [2.75, 3.05) is 11.9 Å². The van der Waals surface area contributed by atoms with Gasteiger partial charge < -0.3 is 10.6 Å². The lowest BCUT2D eigenvalue weighted by molar-refractivity contribution is -0.116. The fraction of sp³-hybridized carbons (Fsp3) is 0.385. The summed E-state index contributed by atoms with van der Waals surface area (Å²) in [4.78, 5) is 17.5. The van der Waals surface area contributed by atoms with Crippen molar-refractivity contribution in [1.29, 1.82) is 0 Å². The zero-order valence-electron chi connectivity index (χ0n) is 10.8. The van der Waals surface area contributed by atoms with Crippen molar-refractivity contribution < 1.29 is 4.79 Å². The first-order valence-corrected chi connectivity index (χ1v) is 8.10. The van der Waals surface area contributed by atoms with E-state index in [2.05, 4.69) is 15.6 Å². The number of hydrogen-bond acceptors (Lipinski definition) is 5. The Kier molecular flexibility index (Phi) is 5.54. The summed E-state index contributed by atoms with van der Waals surface area (Å²) < 4.78 is 0. The fourth-order valence-electron chi connectivity index (χ4n) is 2.19. The van der Waals surface area contributed by atoms with Crippen LogP contribution in [0.3, 0.4) is 0 Å². The van der Waals surface area contributed by atoms with Gasteiger partial charge in [0.25, 0.3) is 0 Å². The number of carbonyl (C=O) groups excluding carboxylic acids is 1. The molecule has 2 aromatic heterocycles. The molecular formula is C13H16ClN3OS2. The molecule has 0 saturated carbocycles. The summed E-state index contributed by atoms with van der Waals surface area (Å²) >= 11 is 3.13. The van der Waals surface area contributed by atoms with E-state index < -0.39 is 0 Å². The smallest absolute Gasteiger partial charge is 0.227 e. The first-order chi connectivity index (χ1) is 9.31. The van der Waals surface area contributed by atoms with Crippen LogP contribution in [0.5, 0.6) is 0 Å². The second-order valence-electron chi connectivity index (χ2n) is 4.56. The third kappa shape index (κ3) is 3.79. The van der Waals surface area contributed by atoms with Gasteiger partial charge in [0.15, 0.2) is 5.13 Å². The van der Waals surface area contributed by atoms with Gasteiger partial charge in [0.05, 0.1) is 10.6 Å². The van der Waals surface area contributed by atoms with Crippen LogP contribution in [0.2, 0.25) is 0 Å². The van der Waals surface area contributed by atoms with Crippen molar-refractivity contribution in [2.45, 2.75) is 25.3 Å². The second kappa shape index (κ2) is 7.17. The highest BCUT2D eigenvalue weighted by Gasteiger charge is 2.18. The van der Waals surface area contributed by atoms with Gasteiger partial charge >= 0.3 is 0 Å². The second-order valence-corrected chi connectivity index (χ2v) is 6.37. The van der Waals surface area contributed by atoms with Gasteiger partial charge in [0.2, 0.25) is 5.91 Å². The van der Waals surface area contributed by atoms with E-state index in [4.69, 9.17) is 0 Å². The Morgan fingerprint density at radius 1 is 1.50 bits per heavy atom. The number of anilines is 1. The van der Waals surface area contributed by atoms with E-state index in [9.17, 15) is 4.79 Å². The predicted molar refractivity (Wildman–Crippen MR) is 86.9 cm³/mol. The molecule has 0 bridgehead atoms. The molecule has 2 aromatic rings. The van der Waals surface area contributed by atoms with E-state index in [1.807, 2.05) is 22.9 Å². The maximum Gasteiger partial charge on any atom is 0.227 e. The molecule has 0 aliphatic carbocycles. The lowest BCUT2D eigenvalue weighted by Crippen LogP contribution is -2.27. The summed E-state index contributed by atoms with van der Waals surface area (Å²) in [5.74, 6) is 0.0477. The van der Waals surface area contributed by atoms with Gasteiger partial charge in [-0.05, 0) is 30.8 Å². The minimum atomic E-state index is 0. The average Bonchev–Trinajstić information content (AvgIpc) is 3.09. The number of halogens is 1. The van der Waals surface area contributed by atoms with Crippen LogP contribution >= 0.6 is 35.1 Å². The largest absolute Gasteiger partial charge is 0.313 e. The van der Waals surface area contributed by atoms with Crippen LogP contribution in [0.25, 0.3) is 10.6 Å². The van der Waals surface area contributed by atoms with Gasteiger partial charge in [0, 0.05) is 17.8 Å². The molecule has 0 aromatic carbocycles. The molecule has 0 spiro atoms. The van der Waals surface area contributed by atoms with Crippen LogP contribution < -0.4 is 10.6 Å². The van der Waals surface area contributed by atoms with Gasteiger partial charge in [-0.1, -0.05) is 6.07 Å². The molecule has 1 saturated heterocycles. The third-order valence-electron chi connectivity index (χ3n) is 3.12. The van der Waals surface area contributed by atoms with Crippen LogP contribution in [-0.4, -0.2) is 23.5 Å². The standard InChI is InChI=1S/C13H15N3OS2.ClH/c17-12(7-9-3-1-5-14-9)16-13-15-10(8-19-13)11-4-2-6-18-11;/h2,4,6,8-9,14H,1,3,5,7H2,(H,15,16,17);1H. The molecule has 20 heavy (non-hydrogen) atoms. The van der Waals surface area contributed by atoms with Gasteiger partial charge in [-0.3, -0.25) is 4.79 Å². The minimum absolute atomic E-state index is 0. The minimum Gasteiger partial charge on any atom is -0.313 e. The summed E-state index contributed by atoms with van der Waals surface area (Å²) in [5.41, 5.74) is 0.939. The number of amides is 1. The molecule has 108 valence electrons. The first-order valence-electron chi connectivity index (χ1n) is 6.34. The maximum absolute atomic E-state index is 11.9. The van der Waals surface area contributed by atoms with Crippen LogP contribution in [0.4, 0.5) is 5.13 Å². The molecule has 1 aliphatic heterocycles. The van der Waals surface area contributed by atoms with Crippen molar-refractivity contribution in [3.8, 4) is 10.6 Å². The average molecular weight is 330 g/mol. The number of aromatic nitrogens is 1. The van der Waals surface area contributed by atoms with Gasteiger partial charge in [0.1, 0.15) is 0 Å². The van der Waals surface area contributed by atoms with E-state index in [1.54, 1.807) is 11.3 Å². The number of hydrogen-bond donors (Lipinski definition) is 2. The highest BCUT2D eigenvalue weighted by molar-refractivity contribution is 7.16. The molecule has 3 heterocycles. The summed E-state index contributed by atoms with van der Waals surface area (Å²) in [7, 11) is 0. The molecule has 7 heteroatoms. The highest BCUT2D eigenvalue weighted by atomic mass is 35.5. The zero-order valence-corrected chi connectivity index (χ0v) is 13.2. The molecule has 3 rings (SSSR count). The van der Waals surface area contributed by atoms with Gasteiger partial charge in [-0.15, -0.1) is 35.1 Å². The normalized spacial score (nSPS) is 17.7. The molecule has 1 atom stereocenters. The Morgan fingerprint density at radius 3 is 3.10 bits per heavy atom. The SMILES string of the molecule is Cl.O=C(CC1CCCN1)Nc1nc(-c2cccs2)cs1. The Hall–Kier alpha value is -0.950. The van der Waals surface area contributed by atoms with Gasteiger partial charge in [-0.25, -0.2) is 4.98 Å². The van der Waals surface area contributed by atoms with Crippen molar-refractivity contribution in [3.05, 3.63) is 22.9 Å². The molecule has 1 aliphatic rings. The first kappa shape index (κ1) is 15.4. The maximum atomic E-state index is 11.9. The molecular weight excluding hydrogens is 314 g/mol. The van der Waals surface area contributed by atoms with E-state index >= 15 is 0 Å². The molecule has 1 amide bonds. The Morgan fingerprint density at radius 2 is 2.40 bits per heavy atom. The summed E-state index contributed by atoms with van der Waals surface area (Å²) in [6.45, 7) is 1.03. The van der Waals surface area contributed by atoms with Crippen molar-refractivity contribution in [3.63, 3.8) is 0 Å². The van der Waals surface area contributed by atoms with Crippen molar-refractivity contribution in [1.82, 2.24) is 10.3 Å². The van der Waals surface area contributed by atoms with Crippen LogP contribution in [-0.2, 0) is 4.79 Å². The summed E-state index contributed by atoms with van der Waals surface area (Å²) in [6.07, 6.45) is 2.79. The number of rotatable bonds is 4. The number of nitrogens with one attached hydrogen (secondary N) is 2. The van der Waals surface area contributed by atoms with Crippen LogP contribution in [0.1, 0.15) is 19.3 Å². The number of carbonyl (C=O) groups is 1. The Bertz CT molecular complexity index is 550. The van der Waals surface area contributed by atoms with Crippen LogP contribution in [0.15, 0.2) is 22.9 Å². The number of nitrogens with zero attached hydrogens (tertiary/aromatic N) is 1. The quantitative estimate of drug-likeness (QED) is 0.904. The lowest BCUT2D eigenvalue weighted by Gasteiger charge is -2.08. The number of thiophene rings is 1. The highest BCUT2D eigenvalue weighted by Crippen LogP contribution is 2.28. The monoisotopic (exact) mass is 329 g/mol.